The third-order valence-electron chi connectivity index (χ3n) is 4.56. The van der Waals surface area contributed by atoms with Crippen molar-refractivity contribution in [1.82, 2.24) is 25.1 Å². The molecule has 1 heterocycles. The van der Waals surface area contributed by atoms with Gasteiger partial charge in [0.25, 0.3) is 0 Å². The summed E-state index contributed by atoms with van der Waals surface area (Å²) in [5.41, 5.74) is 1.96. The smallest absolute Gasteiger partial charge is 0.248 e. The Bertz CT molecular complexity index is 945. The molecule has 0 aliphatic heterocycles. The summed E-state index contributed by atoms with van der Waals surface area (Å²) in [6.07, 6.45) is 0.503. The van der Waals surface area contributed by atoms with Crippen molar-refractivity contribution in [2.24, 2.45) is 0 Å². The minimum Gasteiger partial charge on any atom is -0.337 e. The molecule has 1 atom stereocenters. The maximum Gasteiger partial charge on any atom is 0.248 e. The molecule has 0 aliphatic rings. The van der Waals surface area contributed by atoms with Crippen molar-refractivity contribution in [3.63, 3.8) is 0 Å². The zero-order valence-corrected chi connectivity index (χ0v) is 17.2. The van der Waals surface area contributed by atoms with Gasteiger partial charge < -0.3 is 4.90 Å². The molecule has 0 spiro atoms. The van der Waals surface area contributed by atoms with E-state index in [1.807, 2.05) is 43.3 Å². The van der Waals surface area contributed by atoms with Crippen LogP contribution in [0.25, 0.3) is 0 Å². The molecule has 3 rings (SSSR count). The SMILES string of the molecule is CCN(Cc1ccc(Cl)c(Cl)c1)C(=O)C(Cc1ccccc1)n1nnnc1C. The Morgan fingerprint density at radius 2 is 1.86 bits per heavy atom. The predicted molar refractivity (Wildman–Crippen MR) is 109 cm³/mol. The van der Waals surface area contributed by atoms with Gasteiger partial charge >= 0.3 is 0 Å². The van der Waals surface area contributed by atoms with E-state index in [4.69, 9.17) is 23.2 Å². The van der Waals surface area contributed by atoms with Crippen molar-refractivity contribution >= 4 is 29.1 Å². The maximum atomic E-state index is 13.4. The van der Waals surface area contributed by atoms with Gasteiger partial charge in [-0.2, -0.15) is 0 Å². The largest absolute Gasteiger partial charge is 0.337 e. The fourth-order valence-corrected chi connectivity index (χ4v) is 3.38. The molecular formula is C20H21Cl2N5O. The molecule has 1 aromatic heterocycles. The van der Waals surface area contributed by atoms with E-state index in [-0.39, 0.29) is 5.91 Å². The van der Waals surface area contributed by atoms with Crippen molar-refractivity contribution in [2.75, 3.05) is 6.54 Å². The molecule has 0 N–H and O–H groups in total. The van der Waals surface area contributed by atoms with Gasteiger partial charge in [-0.3, -0.25) is 4.79 Å². The summed E-state index contributed by atoms with van der Waals surface area (Å²) in [5, 5.41) is 12.7. The van der Waals surface area contributed by atoms with Crippen molar-refractivity contribution in [3.05, 3.63) is 75.5 Å². The average molecular weight is 418 g/mol. The molecule has 1 amide bonds. The highest BCUT2D eigenvalue weighted by atomic mass is 35.5. The minimum atomic E-state index is -0.528. The van der Waals surface area contributed by atoms with Gasteiger partial charge in [-0.25, -0.2) is 4.68 Å². The number of carbonyl (C=O) groups excluding carboxylic acids is 1. The summed E-state index contributed by atoms with van der Waals surface area (Å²) in [6.45, 7) is 4.71. The molecule has 2 aromatic carbocycles. The molecule has 0 radical (unpaired) electrons. The first-order chi connectivity index (χ1) is 13.5. The molecule has 0 saturated heterocycles. The number of aromatic nitrogens is 4. The highest BCUT2D eigenvalue weighted by Crippen LogP contribution is 2.24. The van der Waals surface area contributed by atoms with Crippen LogP contribution in [0.4, 0.5) is 0 Å². The molecule has 0 saturated carbocycles. The number of benzene rings is 2. The minimum absolute atomic E-state index is 0.0483. The molecule has 146 valence electrons. The Balaban J connectivity index is 1.87. The number of carbonyl (C=O) groups is 1. The number of likely N-dealkylation sites (N-methyl/N-ethyl adjacent to an activating group) is 1. The van der Waals surface area contributed by atoms with Gasteiger partial charge in [0.1, 0.15) is 11.9 Å². The molecular weight excluding hydrogens is 397 g/mol. The lowest BCUT2D eigenvalue weighted by Crippen LogP contribution is -2.38. The van der Waals surface area contributed by atoms with Crippen molar-refractivity contribution in [3.8, 4) is 0 Å². The maximum absolute atomic E-state index is 13.4. The van der Waals surface area contributed by atoms with E-state index in [1.165, 1.54) is 0 Å². The van der Waals surface area contributed by atoms with Gasteiger partial charge in [-0.15, -0.1) is 5.10 Å². The first-order valence-electron chi connectivity index (χ1n) is 9.00. The lowest BCUT2D eigenvalue weighted by Gasteiger charge is -2.27. The molecule has 8 heteroatoms. The zero-order chi connectivity index (χ0) is 20.1. The topological polar surface area (TPSA) is 63.9 Å². The Labute approximate surface area is 174 Å². The van der Waals surface area contributed by atoms with Crippen LogP contribution in [0.1, 0.15) is 29.9 Å². The second-order valence-electron chi connectivity index (χ2n) is 6.48. The van der Waals surface area contributed by atoms with Crippen LogP contribution in [-0.2, 0) is 17.8 Å². The first kappa shape index (κ1) is 20.3. The predicted octanol–water partition coefficient (Wildman–Crippen LogP) is 4.12. The van der Waals surface area contributed by atoms with Crippen LogP contribution in [0.5, 0.6) is 0 Å². The van der Waals surface area contributed by atoms with Crippen LogP contribution in [-0.4, -0.2) is 37.6 Å². The van der Waals surface area contributed by atoms with E-state index in [2.05, 4.69) is 15.5 Å². The van der Waals surface area contributed by atoms with Gasteiger partial charge in [-0.1, -0.05) is 59.6 Å². The number of amides is 1. The number of nitrogens with zero attached hydrogens (tertiary/aromatic N) is 5. The molecule has 28 heavy (non-hydrogen) atoms. The summed E-state index contributed by atoms with van der Waals surface area (Å²) in [5.74, 6) is 0.549. The average Bonchev–Trinajstić information content (AvgIpc) is 3.13. The highest BCUT2D eigenvalue weighted by Gasteiger charge is 2.28. The second kappa shape index (κ2) is 9.17. The van der Waals surface area contributed by atoms with Gasteiger partial charge in [0.2, 0.25) is 5.91 Å². The summed E-state index contributed by atoms with van der Waals surface area (Å²) in [7, 11) is 0. The number of hydrogen-bond acceptors (Lipinski definition) is 4. The molecule has 3 aromatic rings. The molecule has 1 unspecified atom stereocenters. The number of halogens is 2. The molecule has 0 aliphatic carbocycles. The van der Waals surface area contributed by atoms with Crippen molar-refractivity contribution in [2.45, 2.75) is 32.9 Å². The highest BCUT2D eigenvalue weighted by molar-refractivity contribution is 6.42. The van der Waals surface area contributed by atoms with E-state index in [0.717, 1.165) is 11.1 Å². The first-order valence-corrected chi connectivity index (χ1v) is 9.76. The fraction of sp³-hybridized carbons (Fsp3) is 0.300. The lowest BCUT2D eigenvalue weighted by atomic mass is 10.0. The number of aryl methyl sites for hydroxylation is 1. The van der Waals surface area contributed by atoms with Crippen LogP contribution >= 0.6 is 23.2 Å². The monoisotopic (exact) mass is 417 g/mol. The fourth-order valence-electron chi connectivity index (χ4n) is 3.06. The molecule has 0 bridgehead atoms. The summed E-state index contributed by atoms with van der Waals surface area (Å²) >= 11 is 12.1. The summed E-state index contributed by atoms with van der Waals surface area (Å²) < 4.78 is 1.59. The third-order valence-corrected chi connectivity index (χ3v) is 5.30. The zero-order valence-electron chi connectivity index (χ0n) is 15.7. The van der Waals surface area contributed by atoms with E-state index >= 15 is 0 Å². The summed E-state index contributed by atoms with van der Waals surface area (Å²) in [6, 6.07) is 14.7. The standard InChI is InChI=1S/C20H21Cl2N5O/c1-3-26(13-16-9-10-17(21)18(22)11-16)20(28)19(27-14(2)23-24-25-27)12-15-7-5-4-6-8-15/h4-11,19H,3,12-13H2,1-2H3. The molecule has 6 nitrogen and oxygen atoms in total. The second-order valence-corrected chi connectivity index (χ2v) is 7.29. The van der Waals surface area contributed by atoms with Gasteiger partial charge in [0.15, 0.2) is 0 Å². The van der Waals surface area contributed by atoms with Crippen LogP contribution < -0.4 is 0 Å². The van der Waals surface area contributed by atoms with Crippen molar-refractivity contribution in [1.29, 1.82) is 0 Å². The normalized spacial score (nSPS) is 12.0. The van der Waals surface area contributed by atoms with E-state index < -0.39 is 6.04 Å². The quantitative estimate of drug-likeness (QED) is 0.579. The Kier molecular flexibility index (Phi) is 6.65. The summed E-state index contributed by atoms with van der Waals surface area (Å²) in [4.78, 5) is 15.2. The van der Waals surface area contributed by atoms with Gasteiger partial charge in [-0.05, 0) is 47.5 Å². The Hall–Kier alpha value is -2.44. The van der Waals surface area contributed by atoms with E-state index in [0.29, 0.717) is 35.4 Å². The van der Waals surface area contributed by atoms with Crippen molar-refractivity contribution < 1.29 is 4.79 Å². The Morgan fingerprint density at radius 1 is 1.11 bits per heavy atom. The lowest BCUT2D eigenvalue weighted by molar-refractivity contribution is -0.135. The van der Waals surface area contributed by atoms with E-state index in [1.54, 1.807) is 28.6 Å². The van der Waals surface area contributed by atoms with Gasteiger partial charge in [0.05, 0.1) is 10.0 Å². The van der Waals surface area contributed by atoms with Crippen LogP contribution in [0.3, 0.4) is 0 Å². The Morgan fingerprint density at radius 3 is 2.46 bits per heavy atom. The third kappa shape index (κ3) is 4.69. The van der Waals surface area contributed by atoms with E-state index in [9.17, 15) is 4.79 Å². The van der Waals surface area contributed by atoms with Crippen LogP contribution in [0.2, 0.25) is 10.0 Å². The number of hydrogen-bond donors (Lipinski definition) is 0. The number of rotatable bonds is 7. The van der Waals surface area contributed by atoms with Gasteiger partial charge in [0, 0.05) is 19.5 Å². The van der Waals surface area contributed by atoms with Crippen LogP contribution in [0, 0.1) is 6.92 Å². The number of tetrazole rings is 1. The molecule has 0 fully saturated rings. The van der Waals surface area contributed by atoms with Crippen LogP contribution in [0.15, 0.2) is 48.5 Å².